The SMILES string of the molecule is Cc1cc(Cl)c(NC(=O)c2n[nH]c(C(C)C)c2N)cc1Cl. The van der Waals surface area contributed by atoms with Gasteiger partial charge in [-0.25, -0.2) is 0 Å². The van der Waals surface area contributed by atoms with Crippen molar-refractivity contribution in [3.63, 3.8) is 0 Å². The number of nitrogen functional groups attached to an aromatic ring is 1. The molecule has 7 heteroatoms. The summed E-state index contributed by atoms with van der Waals surface area (Å²) in [6, 6.07) is 3.29. The zero-order valence-electron chi connectivity index (χ0n) is 11.9. The average Bonchev–Trinajstić information content (AvgIpc) is 2.78. The number of hydrogen-bond acceptors (Lipinski definition) is 3. The molecule has 1 amide bonds. The molecule has 0 saturated carbocycles. The zero-order valence-corrected chi connectivity index (χ0v) is 13.4. The third-order valence-corrected chi connectivity index (χ3v) is 3.84. The van der Waals surface area contributed by atoms with E-state index in [-0.39, 0.29) is 11.6 Å². The van der Waals surface area contributed by atoms with Crippen molar-refractivity contribution < 1.29 is 4.79 Å². The monoisotopic (exact) mass is 326 g/mol. The van der Waals surface area contributed by atoms with Gasteiger partial charge in [-0.2, -0.15) is 5.10 Å². The first-order valence-electron chi connectivity index (χ1n) is 6.42. The van der Waals surface area contributed by atoms with Gasteiger partial charge in [0.2, 0.25) is 0 Å². The van der Waals surface area contributed by atoms with Gasteiger partial charge >= 0.3 is 0 Å². The molecule has 21 heavy (non-hydrogen) atoms. The Morgan fingerprint density at radius 2 is 2.00 bits per heavy atom. The molecule has 0 fully saturated rings. The van der Waals surface area contributed by atoms with Crippen molar-refractivity contribution >= 4 is 40.5 Å². The topological polar surface area (TPSA) is 83.8 Å². The van der Waals surface area contributed by atoms with Gasteiger partial charge in [0, 0.05) is 5.02 Å². The normalized spacial score (nSPS) is 11.0. The number of carbonyl (C=O) groups is 1. The maximum Gasteiger partial charge on any atom is 0.278 e. The summed E-state index contributed by atoms with van der Waals surface area (Å²) < 4.78 is 0. The van der Waals surface area contributed by atoms with Crippen LogP contribution in [0.15, 0.2) is 12.1 Å². The molecule has 0 unspecified atom stereocenters. The largest absolute Gasteiger partial charge is 0.395 e. The maximum absolute atomic E-state index is 12.2. The molecular weight excluding hydrogens is 311 g/mol. The van der Waals surface area contributed by atoms with Gasteiger partial charge in [0.15, 0.2) is 5.69 Å². The average molecular weight is 327 g/mol. The molecule has 0 bridgehead atoms. The summed E-state index contributed by atoms with van der Waals surface area (Å²) in [4.78, 5) is 12.2. The maximum atomic E-state index is 12.2. The molecule has 0 saturated heterocycles. The van der Waals surface area contributed by atoms with Gasteiger partial charge in [0.05, 0.1) is 22.1 Å². The standard InChI is InChI=1S/C14H16Cl2N4O/c1-6(2)12-11(17)13(20-19-12)14(21)18-10-5-8(15)7(3)4-9(10)16/h4-6H,17H2,1-3H3,(H,18,21)(H,19,20). The van der Waals surface area contributed by atoms with Crippen LogP contribution >= 0.6 is 23.2 Å². The Morgan fingerprint density at radius 3 is 2.57 bits per heavy atom. The van der Waals surface area contributed by atoms with Gasteiger partial charge in [-0.1, -0.05) is 37.0 Å². The first-order valence-corrected chi connectivity index (χ1v) is 7.17. The molecule has 2 rings (SSSR count). The highest BCUT2D eigenvalue weighted by molar-refractivity contribution is 6.36. The molecular formula is C14H16Cl2N4O. The highest BCUT2D eigenvalue weighted by Crippen LogP contribution is 2.30. The second-order valence-electron chi connectivity index (χ2n) is 5.09. The van der Waals surface area contributed by atoms with Crippen LogP contribution in [0.2, 0.25) is 10.0 Å². The Labute approximate surface area is 132 Å². The van der Waals surface area contributed by atoms with E-state index in [1.807, 2.05) is 20.8 Å². The molecule has 1 heterocycles. The predicted molar refractivity (Wildman–Crippen MR) is 86.2 cm³/mol. The number of aromatic amines is 1. The number of nitrogens with zero attached hydrogens (tertiary/aromatic N) is 1. The van der Waals surface area contributed by atoms with E-state index < -0.39 is 5.91 Å². The zero-order chi connectivity index (χ0) is 15.7. The van der Waals surface area contributed by atoms with Crippen LogP contribution < -0.4 is 11.1 Å². The molecule has 2 aromatic rings. The van der Waals surface area contributed by atoms with Gasteiger partial charge in [-0.3, -0.25) is 9.89 Å². The van der Waals surface area contributed by atoms with Gasteiger partial charge in [-0.15, -0.1) is 0 Å². The Hall–Kier alpha value is -1.72. The van der Waals surface area contributed by atoms with E-state index >= 15 is 0 Å². The smallest absolute Gasteiger partial charge is 0.278 e. The van der Waals surface area contributed by atoms with E-state index in [1.165, 1.54) is 0 Å². The fraction of sp³-hybridized carbons (Fsp3) is 0.286. The Bertz CT molecular complexity index is 695. The van der Waals surface area contributed by atoms with Gasteiger partial charge in [0.25, 0.3) is 5.91 Å². The molecule has 0 aliphatic carbocycles. The van der Waals surface area contributed by atoms with Gasteiger partial charge in [-0.05, 0) is 30.5 Å². The van der Waals surface area contributed by atoms with Crippen molar-refractivity contribution in [2.75, 3.05) is 11.1 Å². The first-order chi connectivity index (χ1) is 9.81. The minimum absolute atomic E-state index is 0.145. The highest BCUT2D eigenvalue weighted by Gasteiger charge is 2.20. The van der Waals surface area contributed by atoms with Gasteiger partial charge < -0.3 is 11.1 Å². The van der Waals surface area contributed by atoms with Crippen molar-refractivity contribution in [2.24, 2.45) is 0 Å². The van der Waals surface area contributed by atoms with Crippen LogP contribution in [-0.2, 0) is 0 Å². The number of nitrogens with one attached hydrogen (secondary N) is 2. The number of aryl methyl sites for hydroxylation is 1. The van der Waals surface area contributed by atoms with Crippen LogP contribution in [-0.4, -0.2) is 16.1 Å². The molecule has 0 aliphatic heterocycles. The number of aromatic nitrogens is 2. The lowest BCUT2D eigenvalue weighted by Gasteiger charge is -2.09. The number of halogens is 2. The lowest BCUT2D eigenvalue weighted by molar-refractivity contribution is 0.102. The molecule has 1 aromatic heterocycles. The van der Waals surface area contributed by atoms with Crippen LogP contribution in [0.1, 0.15) is 41.5 Å². The third kappa shape index (κ3) is 3.14. The number of rotatable bonds is 3. The van der Waals surface area contributed by atoms with Crippen molar-refractivity contribution in [3.05, 3.63) is 39.1 Å². The minimum atomic E-state index is -0.433. The van der Waals surface area contributed by atoms with E-state index in [0.717, 1.165) is 11.3 Å². The summed E-state index contributed by atoms with van der Waals surface area (Å²) in [6.45, 7) is 5.75. The fourth-order valence-electron chi connectivity index (χ4n) is 1.90. The van der Waals surface area contributed by atoms with Crippen LogP contribution in [0, 0.1) is 6.92 Å². The van der Waals surface area contributed by atoms with Crippen molar-refractivity contribution in [1.29, 1.82) is 0 Å². The summed E-state index contributed by atoms with van der Waals surface area (Å²) >= 11 is 12.1. The van der Waals surface area contributed by atoms with E-state index in [9.17, 15) is 4.79 Å². The summed E-state index contributed by atoms with van der Waals surface area (Å²) in [7, 11) is 0. The van der Waals surface area contributed by atoms with E-state index in [4.69, 9.17) is 28.9 Å². The molecule has 0 spiro atoms. The lowest BCUT2D eigenvalue weighted by Crippen LogP contribution is -2.15. The number of H-pyrrole nitrogens is 1. The molecule has 4 N–H and O–H groups in total. The second-order valence-corrected chi connectivity index (χ2v) is 5.90. The fourth-order valence-corrected chi connectivity index (χ4v) is 2.33. The van der Waals surface area contributed by atoms with Crippen LogP contribution in [0.5, 0.6) is 0 Å². The van der Waals surface area contributed by atoms with E-state index in [1.54, 1.807) is 12.1 Å². The van der Waals surface area contributed by atoms with Crippen molar-refractivity contribution in [2.45, 2.75) is 26.7 Å². The molecule has 0 aliphatic rings. The number of benzene rings is 1. The Kier molecular flexibility index (Phi) is 4.44. The Morgan fingerprint density at radius 1 is 1.33 bits per heavy atom. The van der Waals surface area contributed by atoms with E-state index in [0.29, 0.717) is 21.4 Å². The number of carbonyl (C=O) groups excluding carboxylic acids is 1. The van der Waals surface area contributed by atoms with Crippen LogP contribution in [0.4, 0.5) is 11.4 Å². The molecule has 1 aromatic carbocycles. The number of nitrogens with two attached hydrogens (primary N) is 1. The van der Waals surface area contributed by atoms with Crippen molar-refractivity contribution in [1.82, 2.24) is 10.2 Å². The molecule has 0 radical (unpaired) electrons. The Balaban J connectivity index is 2.29. The molecule has 0 atom stereocenters. The highest BCUT2D eigenvalue weighted by atomic mass is 35.5. The summed E-state index contributed by atoms with van der Waals surface area (Å²) in [5.74, 6) is -0.283. The first kappa shape index (κ1) is 15.7. The van der Waals surface area contributed by atoms with Crippen molar-refractivity contribution in [3.8, 4) is 0 Å². The number of hydrogen-bond donors (Lipinski definition) is 3. The second kappa shape index (κ2) is 5.95. The summed E-state index contributed by atoms with van der Waals surface area (Å²) in [5.41, 5.74) is 8.41. The number of amides is 1. The quantitative estimate of drug-likeness (QED) is 0.797. The van der Waals surface area contributed by atoms with Crippen LogP contribution in [0.25, 0.3) is 0 Å². The van der Waals surface area contributed by atoms with Crippen LogP contribution in [0.3, 0.4) is 0 Å². The third-order valence-electron chi connectivity index (χ3n) is 3.12. The number of anilines is 2. The predicted octanol–water partition coefficient (Wildman–Crippen LogP) is 3.98. The van der Waals surface area contributed by atoms with E-state index in [2.05, 4.69) is 15.5 Å². The summed E-state index contributed by atoms with van der Waals surface area (Å²) in [6.07, 6.45) is 0. The molecule has 112 valence electrons. The minimum Gasteiger partial charge on any atom is -0.395 e. The summed E-state index contributed by atoms with van der Waals surface area (Å²) in [5, 5.41) is 10.3. The molecule has 5 nitrogen and oxygen atoms in total. The van der Waals surface area contributed by atoms with Gasteiger partial charge in [0.1, 0.15) is 0 Å². The lowest BCUT2D eigenvalue weighted by atomic mass is 10.1.